The summed E-state index contributed by atoms with van der Waals surface area (Å²) in [4.78, 5) is 4.69. The lowest BCUT2D eigenvalue weighted by atomic mass is 10.1. The van der Waals surface area contributed by atoms with Gasteiger partial charge in [-0.3, -0.25) is 0 Å². The lowest BCUT2D eigenvalue weighted by Crippen LogP contribution is -2.36. The predicted molar refractivity (Wildman–Crippen MR) is 90.6 cm³/mol. The topological polar surface area (TPSA) is 60.2 Å². The van der Waals surface area contributed by atoms with E-state index in [2.05, 4.69) is 23.2 Å². The van der Waals surface area contributed by atoms with Crippen LogP contribution in [0, 0.1) is 11.8 Å². The molecular formula is C15H18ClN3OS. The first-order valence-corrected chi connectivity index (χ1v) is 7.50. The number of hydrogen-bond acceptors (Lipinski definition) is 5. The number of thiazole rings is 1. The highest BCUT2D eigenvalue weighted by Crippen LogP contribution is 2.36. The van der Waals surface area contributed by atoms with Crippen LogP contribution in [0.5, 0.6) is 5.75 Å². The SMILES string of the molecule is CC#CC(Nc1nc2c3c(ccc2s1)OCC3)[C@H](C)N.Cl. The Morgan fingerprint density at radius 2 is 2.29 bits per heavy atom. The van der Waals surface area contributed by atoms with Crippen LogP contribution in [0.15, 0.2) is 12.1 Å². The zero-order valence-corrected chi connectivity index (χ0v) is 13.6. The third kappa shape index (κ3) is 3.08. The van der Waals surface area contributed by atoms with Gasteiger partial charge in [-0.05, 0) is 26.0 Å². The Hall–Kier alpha value is -1.48. The van der Waals surface area contributed by atoms with Gasteiger partial charge < -0.3 is 15.8 Å². The summed E-state index contributed by atoms with van der Waals surface area (Å²) in [6, 6.07) is 3.96. The van der Waals surface area contributed by atoms with Crippen molar-refractivity contribution in [2.45, 2.75) is 32.4 Å². The summed E-state index contributed by atoms with van der Waals surface area (Å²) in [6.07, 6.45) is 0.932. The second-order valence-electron chi connectivity index (χ2n) is 4.88. The van der Waals surface area contributed by atoms with Crippen LogP contribution >= 0.6 is 23.7 Å². The molecule has 3 rings (SSSR count). The van der Waals surface area contributed by atoms with Crippen molar-refractivity contribution in [3.05, 3.63) is 17.7 Å². The Balaban J connectivity index is 0.00000161. The predicted octanol–water partition coefficient (Wildman–Crippen LogP) is 2.80. The highest BCUT2D eigenvalue weighted by molar-refractivity contribution is 7.22. The van der Waals surface area contributed by atoms with E-state index in [-0.39, 0.29) is 24.5 Å². The Kier molecular flexibility index (Phi) is 4.94. The van der Waals surface area contributed by atoms with Gasteiger partial charge in [-0.15, -0.1) is 18.3 Å². The summed E-state index contributed by atoms with van der Waals surface area (Å²) in [5.41, 5.74) is 8.20. The number of hydrogen-bond donors (Lipinski definition) is 2. The fraction of sp³-hybridized carbons (Fsp3) is 0.400. The molecule has 3 N–H and O–H groups in total. The van der Waals surface area contributed by atoms with Crippen LogP contribution in [0.1, 0.15) is 19.4 Å². The van der Waals surface area contributed by atoms with Gasteiger partial charge in [-0.1, -0.05) is 17.3 Å². The van der Waals surface area contributed by atoms with Gasteiger partial charge in [0.15, 0.2) is 5.13 Å². The lowest BCUT2D eigenvalue weighted by Gasteiger charge is -2.15. The number of rotatable bonds is 3. The minimum absolute atomic E-state index is 0. The Morgan fingerprint density at radius 3 is 3.00 bits per heavy atom. The zero-order valence-electron chi connectivity index (χ0n) is 12.0. The van der Waals surface area contributed by atoms with E-state index in [1.54, 1.807) is 11.3 Å². The molecule has 112 valence electrons. The van der Waals surface area contributed by atoms with Crippen molar-refractivity contribution in [1.29, 1.82) is 0 Å². The van der Waals surface area contributed by atoms with Crippen LogP contribution in [0.25, 0.3) is 10.2 Å². The van der Waals surface area contributed by atoms with E-state index in [0.29, 0.717) is 0 Å². The molecule has 4 nitrogen and oxygen atoms in total. The van der Waals surface area contributed by atoms with Crippen LogP contribution in [0.2, 0.25) is 0 Å². The molecule has 2 aromatic rings. The molecule has 0 saturated carbocycles. The molecule has 1 aromatic heterocycles. The van der Waals surface area contributed by atoms with Crippen LogP contribution in [-0.2, 0) is 6.42 Å². The normalized spacial score (nSPS) is 15.2. The lowest BCUT2D eigenvalue weighted by molar-refractivity contribution is 0.357. The van der Waals surface area contributed by atoms with E-state index in [4.69, 9.17) is 15.5 Å². The molecular weight excluding hydrogens is 306 g/mol. The molecule has 0 aliphatic carbocycles. The number of nitrogens with one attached hydrogen (secondary N) is 1. The van der Waals surface area contributed by atoms with Crippen molar-refractivity contribution in [2.75, 3.05) is 11.9 Å². The van der Waals surface area contributed by atoms with Gasteiger partial charge in [0.1, 0.15) is 11.8 Å². The quantitative estimate of drug-likeness (QED) is 0.853. The molecule has 0 fully saturated rings. The van der Waals surface area contributed by atoms with Gasteiger partial charge in [0.05, 0.1) is 16.8 Å². The first-order valence-electron chi connectivity index (χ1n) is 6.68. The van der Waals surface area contributed by atoms with Crippen LogP contribution in [0.4, 0.5) is 5.13 Å². The monoisotopic (exact) mass is 323 g/mol. The van der Waals surface area contributed by atoms with Gasteiger partial charge in [-0.25, -0.2) is 4.98 Å². The highest BCUT2D eigenvalue weighted by Gasteiger charge is 2.19. The molecule has 1 aliphatic rings. The fourth-order valence-electron chi connectivity index (χ4n) is 2.32. The van der Waals surface area contributed by atoms with E-state index in [0.717, 1.165) is 29.4 Å². The van der Waals surface area contributed by atoms with E-state index >= 15 is 0 Å². The Morgan fingerprint density at radius 1 is 1.48 bits per heavy atom. The Bertz CT molecular complexity index is 702. The molecule has 2 atom stereocenters. The summed E-state index contributed by atoms with van der Waals surface area (Å²) in [6.45, 7) is 4.51. The molecule has 0 radical (unpaired) electrons. The minimum atomic E-state index is -0.0788. The number of anilines is 1. The maximum absolute atomic E-state index is 5.95. The van der Waals surface area contributed by atoms with Crippen molar-refractivity contribution in [2.24, 2.45) is 5.73 Å². The first kappa shape index (κ1) is 15.9. The van der Waals surface area contributed by atoms with Crippen LogP contribution in [0.3, 0.4) is 0 Å². The number of nitrogens with two attached hydrogens (primary N) is 1. The summed E-state index contributed by atoms with van der Waals surface area (Å²) in [7, 11) is 0. The minimum Gasteiger partial charge on any atom is -0.493 e. The second-order valence-corrected chi connectivity index (χ2v) is 5.91. The van der Waals surface area contributed by atoms with Crippen LogP contribution < -0.4 is 15.8 Å². The Labute approximate surface area is 134 Å². The number of aromatic nitrogens is 1. The molecule has 21 heavy (non-hydrogen) atoms. The number of fused-ring (bicyclic) bond motifs is 3. The van der Waals surface area contributed by atoms with Crippen molar-refractivity contribution < 1.29 is 4.74 Å². The number of nitrogens with zero attached hydrogens (tertiary/aromatic N) is 1. The van der Waals surface area contributed by atoms with Gasteiger partial charge in [0, 0.05) is 18.0 Å². The molecule has 0 amide bonds. The van der Waals surface area contributed by atoms with Crippen molar-refractivity contribution in [3.8, 4) is 17.6 Å². The third-order valence-electron chi connectivity index (χ3n) is 3.34. The van der Waals surface area contributed by atoms with Gasteiger partial charge in [0.25, 0.3) is 0 Å². The summed E-state index contributed by atoms with van der Waals surface area (Å²) in [5, 5.41) is 4.19. The molecule has 0 bridgehead atoms. The van der Waals surface area contributed by atoms with E-state index in [1.165, 1.54) is 10.3 Å². The smallest absolute Gasteiger partial charge is 0.184 e. The van der Waals surface area contributed by atoms with Crippen molar-refractivity contribution in [1.82, 2.24) is 4.98 Å². The molecule has 6 heteroatoms. The second kappa shape index (κ2) is 6.52. The zero-order chi connectivity index (χ0) is 14.1. The maximum Gasteiger partial charge on any atom is 0.184 e. The largest absolute Gasteiger partial charge is 0.493 e. The fourth-order valence-corrected chi connectivity index (χ4v) is 3.25. The number of ether oxygens (including phenoxy) is 1. The highest BCUT2D eigenvalue weighted by atomic mass is 35.5. The molecule has 0 spiro atoms. The average Bonchev–Trinajstić information content (AvgIpc) is 3.02. The van der Waals surface area contributed by atoms with Crippen molar-refractivity contribution in [3.63, 3.8) is 0 Å². The van der Waals surface area contributed by atoms with Gasteiger partial charge in [-0.2, -0.15) is 0 Å². The molecule has 0 saturated heterocycles. The standard InChI is InChI=1S/C15H17N3OS.ClH/c1-3-4-11(9(2)16)17-15-18-14-10-7-8-19-12(10)5-6-13(14)20-15;/h5-6,9,11H,7-8,16H2,1-2H3,(H,17,18);1H/t9-,11?;/m0./s1. The summed E-state index contributed by atoms with van der Waals surface area (Å²) >= 11 is 1.63. The summed E-state index contributed by atoms with van der Waals surface area (Å²) in [5.74, 6) is 6.96. The third-order valence-corrected chi connectivity index (χ3v) is 4.29. The summed E-state index contributed by atoms with van der Waals surface area (Å²) < 4.78 is 6.75. The van der Waals surface area contributed by atoms with E-state index < -0.39 is 0 Å². The van der Waals surface area contributed by atoms with Crippen LogP contribution in [-0.4, -0.2) is 23.7 Å². The van der Waals surface area contributed by atoms with E-state index in [9.17, 15) is 0 Å². The van der Waals surface area contributed by atoms with Gasteiger partial charge >= 0.3 is 0 Å². The van der Waals surface area contributed by atoms with Gasteiger partial charge in [0.2, 0.25) is 0 Å². The molecule has 1 unspecified atom stereocenters. The molecule has 2 heterocycles. The number of halogens is 1. The number of benzene rings is 1. The average molecular weight is 324 g/mol. The molecule has 1 aromatic carbocycles. The maximum atomic E-state index is 5.95. The van der Waals surface area contributed by atoms with E-state index in [1.807, 2.05) is 19.9 Å². The molecule has 1 aliphatic heterocycles. The van der Waals surface area contributed by atoms with Crippen molar-refractivity contribution >= 4 is 39.1 Å². The first-order chi connectivity index (χ1) is 9.69.